The van der Waals surface area contributed by atoms with Crippen molar-refractivity contribution in [1.82, 2.24) is 5.32 Å². The molecular formula is C20H24ClNO2. The number of rotatable bonds is 7. The lowest BCUT2D eigenvalue weighted by molar-refractivity contribution is -0.127. The Morgan fingerprint density at radius 3 is 2.54 bits per heavy atom. The van der Waals surface area contributed by atoms with E-state index in [4.69, 9.17) is 16.3 Å². The van der Waals surface area contributed by atoms with Crippen LogP contribution in [-0.2, 0) is 11.2 Å². The van der Waals surface area contributed by atoms with Gasteiger partial charge in [0.1, 0.15) is 5.75 Å². The maximum Gasteiger partial charge on any atom is 0.260 e. The Kier molecular flexibility index (Phi) is 6.68. The van der Waals surface area contributed by atoms with E-state index in [0.29, 0.717) is 10.8 Å². The fourth-order valence-corrected chi connectivity index (χ4v) is 2.53. The molecule has 2 aromatic carbocycles. The Morgan fingerprint density at radius 2 is 1.88 bits per heavy atom. The van der Waals surface area contributed by atoms with Crippen LogP contribution >= 0.6 is 11.6 Å². The zero-order valence-corrected chi connectivity index (χ0v) is 15.1. The summed E-state index contributed by atoms with van der Waals surface area (Å²) in [5.41, 5.74) is 2.21. The lowest BCUT2D eigenvalue weighted by Crippen LogP contribution is -2.41. The average molecular weight is 346 g/mol. The van der Waals surface area contributed by atoms with Crippen LogP contribution in [0, 0.1) is 6.92 Å². The van der Waals surface area contributed by atoms with Gasteiger partial charge in [0.25, 0.3) is 5.91 Å². The maximum atomic E-state index is 12.3. The second-order valence-corrected chi connectivity index (χ2v) is 6.51. The first-order valence-corrected chi connectivity index (χ1v) is 8.60. The van der Waals surface area contributed by atoms with Crippen LogP contribution in [0.5, 0.6) is 5.75 Å². The van der Waals surface area contributed by atoms with Gasteiger partial charge < -0.3 is 10.1 Å². The van der Waals surface area contributed by atoms with E-state index in [-0.39, 0.29) is 11.9 Å². The molecule has 128 valence electrons. The number of carbonyl (C=O) groups is 1. The molecule has 0 spiro atoms. The van der Waals surface area contributed by atoms with Crippen LogP contribution in [0.25, 0.3) is 0 Å². The summed E-state index contributed by atoms with van der Waals surface area (Å²) in [7, 11) is 0. The summed E-state index contributed by atoms with van der Waals surface area (Å²) < 4.78 is 5.70. The van der Waals surface area contributed by atoms with Gasteiger partial charge in [0.05, 0.1) is 0 Å². The molecule has 1 N–H and O–H groups in total. The fourth-order valence-electron chi connectivity index (χ4n) is 2.41. The molecule has 2 aromatic rings. The first-order valence-electron chi connectivity index (χ1n) is 8.23. The van der Waals surface area contributed by atoms with Crippen molar-refractivity contribution in [2.45, 2.75) is 45.8 Å². The van der Waals surface area contributed by atoms with Gasteiger partial charge >= 0.3 is 0 Å². The topological polar surface area (TPSA) is 38.3 Å². The molecule has 0 fully saturated rings. The van der Waals surface area contributed by atoms with E-state index >= 15 is 0 Å². The Hall–Kier alpha value is -2.00. The van der Waals surface area contributed by atoms with E-state index in [0.717, 1.165) is 18.4 Å². The number of hydrogen-bond acceptors (Lipinski definition) is 2. The van der Waals surface area contributed by atoms with Gasteiger partial charge in [-0.25, -0.2) is 0 Å². The highest BCUT2D eigenvalue weighted by Gasteiger charge is 2.17. The van der Waals surface area contributed by atoms with Crippen LogP contribution < -0.4 is 10.1 Å². The van der Waals surface area contributed by atoms with Crippen molar-refractivity contribution in [2.24, 2.45) is 0 Å². The quantitative estimate of drug-likeness (QED) is 0.799. The molecule has 0 heterocycles. The second kappa shape index (κ2) is 8.74. The van der Waals surface area contributed by atoms with E-state index in [9.17, 15) is 4.79 Å². The molecule has 0 aliphatic heterocycles. The number of halogens is 1. The van der Waals surface area contributed by atoms with Crippen LogP contribution in [0.4, 0.5) is 0 Å². The number of carbonyl (C=O) groups excluding carboxylic acids is 1. The number of amides is 1. The molecule has 0 aliphatic carbocycles. The van der Waals surface area contributed by atoms with Crippen molar-refractivity contribution in [3.8, 4) is 5.75 Å². The molecule has 24 heavy (non-hydrogen) atoms. The standard InChI is InChI=1S/C20H24ClNO2/c1-14-13-18(11-12-19(14)21)24-16(3)20(23)22-15(2)9-10-17-7-5-4-6-8-17/h4-8,11-13,15-16H,9-10H2,1-3H3,(H,22,23)/t15-,16+/m1/s1. The molecule has 3 nitrogen and oxygen atoms in total. The number of benzene rings is 2. The lowest BCUT2D eigenvalue weighted by Gasteiger charge is -2.19. The molecule has 0 aromatic heterocycles. The molecule has 4 heteroatoms. The molecule has 2 rings (SSSR count). The monoisotopic (exact) mass is 345 g/mol. The van der Waals surface area contributed by atoms with Crippen molar-refractivity contribution in [3.05, 3.63) is 64.7 Å². The predicted molar refractivity (Wildman–Crippen MR) is 98.6 cm³/mol. The van der Waals surface area contributed by atoms with Crippen molar-refractivity contribution in [3.63, 3.8) is 0 Å². The summed E-state index contributed by atoms with van der Waals surface area (Å²) in [5, 5.41) is 3.70. The number of aryl methyl sites for hydroxylation is 2. The van der Waals surface area contributed by atoms with Crippen LogP contribution in [0.15, 0.2) is 48.5 Å². The molecule has 0 aliphatic rings. The lowest BCUT2D eigenvalue weighted by atomic mass is 10.1. The Bertz CT molecular complexity index is 673. The first-order chi connectivity index (χ1) is 11.5. The SMILES string of the molecule is Cc1cc(O[C@@H](C)C(=O)N[C@H](C)CCc2ccccc2)ccc1Cl. The number of ether oxygens (including phenoxy) is 1. The highest BCUT2D eigenvalue weighted by atomic mass is 35.5. The van der Waals surface area contributed by atoms with Gasteiger partial charge in [-0.2, -0.15) is 0 Å². The minimum absolute atomic E-state index is 0.0933. The molecule has 0 saturated carbocycles. The Labute approximate surface area is 149 Å². The van der Waals surface area contributed by atoms with Gasteiger partial charge in [0, 0.05) is 11.1 Å². The van der Waals surface area contributed by atoms with E-state index in [1.807, 2.05) is 38.1 Å². The summed E-state index contributed by atoms with van der Waals surface area (Å²) in [4.78, 5) is 12.3. The summed E-state index contributed by atoms with van der Waals surface area (Å²) in [6, 6.07) is 15.8. The molecule has 0 bridgehead atoms. The third-order valence-corrected chi connectivity index (χ3v) is 4.33. The minimum Gasteiger partial charge on any atom is -0.481 e. The van der Waals surface area contributed by atoms with Crippen molar-refractivity contribution in [1.29, 1.82) is 0 Å². The zero-order valence-electron chi connectivity index (χ0n) is 14.4. The average Bonchev–Trinajstić information content (AvgIpc) is 2.57. The molecule has 0 saturated heterocycles. The highest BCUT2D eigenvalue weighted by Crippen LogP contribution is 2.21. The predicted octanol–water partition coefficient (Wildman–Crippen LogP) is 4.55. The zero-order chi connectivity index (χ0) is 17.5. The maximum absolute atomic E-state index is 12.3. The van der Waals surface area contributed by atoms with Gasteiger partial charge in [0.2, 0.25) is 0 Å². The molecule has 0 unspecified atom stereocenters. The van der Waals surface area contributed by atoms with Gasteiger partial charge in [-0.15, -0.1) is 0 Å². The van der Waals surface area contributed by atoms with Crippen LogP contribution in [0.3, 0.4) is 0 Å². The molecular weight excluding hydrogens is 322 g/mol. The van der Waals surface area contributed by atoms with Crippen LogP contribution in [-0.4, -0.2) is 18.1 Å². The summed E-state index contributed by atoms with van der Waals surface area (Å²) in [6.45, 7) is 5.68. The summed E-state index contributed by atoms with van der Waals surface area (Å²) in [6.07, 6.45) is 1.28. The van der Waals surface area contributed by atoms with Gasteiger partial charge in [0.15, 0.2) is 6.10 Å². The minimum atomic E-state index is -0.551. The summed E-state index contributed by atoms with van der Waals surface area (Å²) >= 11 is 6.00. The molecule has 0 radical (unpaired) electrons. The Morgan fingerprint density at radius 1 is 1.17 bits per heavy atom. The van der Waals surface area contributed by atoms with Gasteiger partial charge in [-0.3, -0.25) is 4.79 Å². The smallest absolute Gasteiger partial charge is 0.260 e. The molecule has 1 amide bonds. The third kappa shape index (κ3) is 5.57. The van der Waals surface area contributed by atoms with Crippen LogP contribution in [0.1, 0.15) is 31.4 Å². The van der Waals surface area contributed by atoms with Crippen molar-refractivity contribution in [2.75, 3.05) is 0 Å². The van der Waals surface area contributed by atoms with Crippen LogP contribution in [0.2, 0.25) is 5.02 Å². The van der Waals surface area contributed by atoms with E-state index in [1.165, 1.54) is 5.56 Å². The first kappa shape index (κ1) is 18.3. The van der Waals surface area contributed by atoms with E-state index in [2.05, 4.69) is 17.4 Å². The largest absolute Gasteiger partial charge is 0.481 e. The van der Waals surface area contributed by atoms with Crippen molar-refractivity contribution < 1.29 is 9.53 Å². The highest BCUT2D eigenvalue weighted by molar-refractivity contribution is 6.31. The third-order valence-electron chi connectivity index (χ3n) is 3.91. The number of nitrogens with one attached hydrogen (secondary N) is 1. The summed E-state index contributed by atoms with van der Waals surface area (Å²) in [5.74, 6) is 0.541. The van der Waals surface area contributed by atoms with Gasteiger partial charge in [-0.1, -0.05) is 41.9 Å². The Balaban J connectivity index is 1.80. The number of hydrogen-bond donors (Lipinski definition) is 1. The fraction of sp³-hybridized carbons (Fsp3) is 0.350. The molecule has 2 atom stereocenters. The van der Waals surface area contributed by atoms with E-state index in [1.54, 1.807) is 19.1 Å². The second-order valence-electron chi connectivity index (χ2n) is 6.10. The van der Waals surface area contributed by atoms with E-state index < -0.39 is 6.10 Å². The van der Waals surface area contributed by atoms with Crippen molar-refractivity contribution >= 4 is 17.5 Å². The van der Waals surface area contributed by atoms with Gasteiger partial charge in [-0.05, 0) is 62.9 Å². The normalized spacial score (nSPS) is 13.2.